The number of hydrogen-bond acceptors (Lipinski definition) is 8. The van der Waals surface area contributed by atoms with Gasteiger partial charge in [0.2, 0.25) is 5.91 Å². The number of nitrogens with one attached hydrogen (secondary N) is 3. The number of nitrogens with zero attached hydrogens (tertiary/aromatic N) is 3. The fourth-order valence-electron chi connectivity index (χ4n) is 3.55. The Morgan fingerprint density at radius 3 is 2.84 bits per heavy atom. The van der Waals surface area contributed by atoms with Crippen molar-refractivity contribution >= 4 is 34.7 Å². The molecule has 0 aliphatic carbocycles. The van der Waals surface area contributed by atoms with E-state index in [-0.39, 0.29) is 11.8 Å². The maximum atomic E-state index is 12.6. The van der Waals surface area contributed by atoms with Crippen molar-refractivity contribution in [2.75, 3.05) is 49.8 Å². The summed E-state index contributed by atoms with van der Waals surface area (Å²) in [4.78, 5) is 35.1. The molecule has 3 N–H and O–H groups in total. The van der Waals surface area contributed by atoms with Crippen LogP contribution in [-0.2, 0) is 9.59 Å². The molecule has 4 rings (SSSR count). The average Bonchev–Trinajstić information content (AvgIpc) is 3.12. The highest BCUT2D eigenvalue weighted by atomic mass is 16.5. The second-order valence-electron chi connectivity index (χ2n) is 7.52. The first-order valence-electron chi connectivity index (χ1n) is 10.5. The highest BCUT2D eigenvalue weighted by Crippen LogP contribution is 2.35. The van der Waals surface area contributed by atoms with Crippen LogP contribution in [0.4, 0.5) is 17.3 Å². The minimum atomic E-state index is -0.275. The maximum Gasteiger partial charge on any atom is 0.259 e. The molecule has 168 valence electrons. The zero-order valence-electron chi connectivity index (χ0n) is 18.1. The Kier molecular flexibility index (Phi) is 6.39. The number of amides is 2. The van der Waals surface area contributed by atoms with Crippen molar-refractivity contribution in [3.05, 3.63) is 36.3 Å². The summed E-state index contributed by atoms with van der Waals surface area (Å²) in [6.07, 6.45) is 4.95. The Morgan fingerprint density at radius 2 is 2.00 bits per heavy atom. The molecule has 2 bridgehead atoms. The summed E-state index contributed by atoms with van der Waals surface area (Å²) < 4.78 is 11.3. The number of fused-ring (bicyclic) bond motifs is 2. The molecule has 2 aliphatic heterocycles. The largest absolute Gasteiger partial charge is 0.493 e. The summed E-state index contributed by atoms with van der Waals surface area (Å²) in [7, 11) is 3.36. The third kappa shape index (κ3) is 4.58. The van der Waals surface area contributed by atoms with Gasteiger partial charge in [-0.3, -0.25) is 9.59 Å². The number of hydrogen-bond donors (Lipinski definition) is 3. The molecule has 10 heteroatoms. The van der Waals surface area contributed by atoms with E-state index < -0.39 is 0 Å². The molecule has 0 saturated carbocycles. The summed E-state index contributed by atoms with van der Waals surface area (Å²) in [6.45, 7) is 1.47. The van der Waals surface area contributed by atoms with Crippen LogP contribution in [0.15, 0.2) is 30.7 Å². The van der Waals surface area contributed by atoms with E-state index in [0.29, 0.717) is 60.4 Å². The molecule has 2 aliphatic rings. The molecule has 2 aromatic rings. The Morgan fingerprint density at radius 1 is 1.16 bits per heavy atom. The molecule has 2 amide bonds. The van der Waals surface area contributed by atoms with Crippen LogP contribution in [0.1, 0.15) is 24.8 Å². The van der Waals surface area contributed by atoms with Gasteiger partial charge in [-0.05, 0) is 25.0 Å². The smallest absolute Gasteiger partial charge is 0.259 e. The zero-order valence-corrected chi connectivity index (χ0v) is 18.1. The van der Waals surface area contributed by atoms with E-state index in [1.165, 1.54) is 6.33 Å². The van der Waals surface area contributed by atoms with Crippen LogP contribution >= 0.6 is 0 Å². The molecule has 3 heterocycles. The van der Waals surface area contributed by atoms with Crippen LogP contribution in [0.3, 0.4) is 0 Å². The van der Waals surface area contributed by atoms with Crippen LogP contribution in [0.25, 0.3) is 5.57 Å². The van der Waals surface area contributed by atoms with Crippen molar-refractivity contribution in [1.29, 1.82) is 0 Å². The van der Waals surface area contributed by atoms with Crippen LogP contribution < -0.4 is 25.4 Å². The summed E-state index contributed by atoms with van der Waals surface area (Å²) in [5.74, 6) is 1.96. The van der Waals surface area contributed by atoms with Crippen molar-refractivity contribution in [3.8, 4) is 11.5 Å². The molecule has 1 aromatic carbocycles. The highest BCUT2D eigenvalue weighted by molar-refractivity contribution is 6.32. The van der Waals surface area contributed by atoms with Gasteiger partial charge in [0.1, 0.15) is 18.0 Å². The predicted octanol–water partition coefficient (Wildman–Crippen LogP) is 2.32. The average molecular weight is 438 g/mol. The van der Waals surface area contributed by atoms with Crippen molar-refractivity contribution in [1.82, 2.24) is 14.9 Å². The van der Waals surface area contributed by atoms with E-state index in [1.54, 1.807) is 31.3 Å². The number of carbonyl (C=O) groups excluding carboxylic acids is 2. The van der Waals surface area contributed by atoms with Gasteiger partial charge in [-0.25, -0.2) is 9.97 Å². The summed E-state index contributed by atoms with van der Waals surface area (Å²) in [5.41, 5.74) is 1.73. The lowest BCUT2D eigenvalue weighted by atomic mass is 10.1. The lowest BCUT2D eigenvalue weighted by Crippen LogP contribution is -2.31. The molecule has 0 radical (unpaired) electrons. The third-order valence-electron chi connectivity index (χ3n) is 5.35. The number of ether oxygens (including phenoxy) is 2. The predicted molar refractivity (Wildman–Crippen MR) is 121 cm³/mol. The van der Waals surface area contributed by atoms with Gasteiger partial charge in [0.15, 0.2) is 11.5 Å². The van der Waals surface area contributed by atoms with E-state index >= 15 is 0 Å². The standard InChI is InChI=1S/C22H26N6O4/c1-28-9-8-23-20-19-15(22(30)27-21(19)26-13-25-20)12-24-14-6-7-16(31-2)17(11-14)32-10-4-3-5-18(28)29/h6-7,11-13,24H,3-5,8-10H2,1-2H3,(H2,23,25,26,27,30)/b15-12+. The molecular formula is C22H26N6O4. The Labute approximate surface area is 186 Å². The minimum Gasteiger partial charge on any atom is -0.493 e. The van der Waals surface area contributed by atoms with E-state index in [1.807, 2.05) is 12.1 Å². The van der Waals surface area contributed by atoms with Crippen LogP contribution in [-0.4, -0.2) is 60.5 Å². The number of carbonyl (C=O) groups is 2. The number of rotatable bonds is 1. The monoisotopic (exact) mass is 438 g/mol. The van der Waals surface area contributed by atoms with Crippen molar-refractivity contribution in [2.24, 2.45) is 0 Å². The molecular weight excluding hydrogens is 412 g/mol. The first kappa shape index (κ1) is 21.4. The van der Waals surface area contributed by atoms with Gasteiger partial charge in [-0.2, -0.15) is 0 Å². The zero-order chi connectivity index (χ0) is 22.5. The molecule has 0 unspecified atom stereocenters. The maximum absolute atomic E-state index is 12.6. The van der Waals surface area contributed by atoms with Crippen molar-refractivity contribution in [3.63, 3.8) is 0 Å². The quantitative estimate of drug-likeness (QED) is 0.621. The molecule has 0 saturated heterocycles. The fourth-order valence-corrected chi connectivity index (χ4v) is 3.55. The van der Waals surface area contributed by atoms with Gasteiger partial charge in [-0.1, -0.05) is 0 Å². The topological polar surface area (TPSA) is 118 Å². The first-order valence-corrected chi connectivity index (χ1v) is 10.5. The number of anilines is 3. The number of benzene rings is 1. The Balaban J connectivity index is 1.67. The van der Waals surface area contributed by atoms with Crippen molar-refractivity contribution < 1.29 is 19.1 Å². The third-order valence-corrected chi connectivity index (χ3v) is 5.35. The lowest BCUT2D eigenvalue weighted by molar-refractivity contribution is -0.129. The molecule has 1 aromatic heterocycles. The minimum absolute atomic E-state index is 0.0713. The van der Waals surface area contributed by atoms with Gasteiger partial charge >= 0.3 is 0 Å². The molecule has 0 atom stereocenters. The summed E-state index contributed by atoms with van der Waals surface area (Å²) >= 11 is 0. The van der Waals surface area contributed by atoms with E-state index in [9.17, 15) is 9.59 Å². The van der Waals surface area contributed by atoms with Crippen LogP contribution in [0.2, 0.25) is 0 Å². The van der Waals surface area contributed by atoms with Crippen LogP contribution in [0, 0.1) is 0 Å². The van der Waals surface area contributed by atoms with E-state index in [4.69, 9.17) is 9.47 Å². The number of likely N-dealkylation sites (N-methyl/N-ethyl adjacent to an activating group) is 1. The molecule has 0 spiro atoms. The molecule has 10 nitrogen and oxygen atoms in total. The van der Waals surface area contributed by atoms with Crippen molar-refractivity contribution in [2.45, 2.75) is 19.3 Å². The Hall–Kier alpha value is -3.82. The van der Waals surface area contributed by atoms with Crippen LogP contribution in [0.5, 0.6) is 11.5 Å². The normalized spacial score (nSPS) is 18.6. The fraction of sp³-hybridized carbons (Fsp3) is 0.364. The molecule has 32 heavy (non-hydrogen) atoms. The first-order chi connectivity index (χ1) is 15.6. The second kappa shape index (κ2) is 9.54. The summed E-state index contributed by atoms with van der Waals surface area (Å²) in [6, 6.07) is 5.45. The summed E-state index contributed by atoms with van der Waals surface area (Å²) in [5, 5.41) is 9.15. The lowest BCUT2D eigenvalue weighted by Gasteiger charge is -2.18. The van der Waals surface area contributed by atoms with E-state index in [2.05, 4.69) is 25.9 Å². The van der Waals surface area contributed by atoms with E-state index in [0.717, 1.165) is 18.5 Å². The van der Waals surface area contributed by atoms with Gasteiger partial charge in [-0.15, -0.1) is 0 Å². The molecule has 0 fully saturated rings. The van der Waals surface area contributed by atoms with Gasteiger partial charge in [0.25, 0.3) is 5.91 Å². The van der Waals surface area contributed by atoms with Gasteiger partial charge in [0, 0.05) is 44.5 Å². The number of aromatic nitrogens is 2. The second-order valence-corrected chi connectivity index (χ2v) is 7.52. The van der Waals surface area contributed by atoms with Gasteiger partial charge < -0.3 is 30.3 Å². The SMILES string of the molecule is COc1ccc2cc1OCCCCC(=O)N(C)CCNc1ncnc3c1/C(=C\N2)C(=O)N3. The Bertz CT molecular complexity index is 1050. The van der Waals surface area contributed by atoms with Gasteiger partial charge in [0.05, 0.1) is 24.9 Å². The number of methoxy groups -OCH3 is 1. The highest BCUT2D eigenvalue weighted by Gasteiger charge is 2.29.